The minimum Gasteiger partial charge on any atom is -0.472 e. The summed E-state index contributed by atoms with van der Waals surface area (Å²) in [4.78, 5) is 13.2. The Morgan fingerprint density at radius 1 is 1.43 bits per heavy atom. The highest BCUT2D eigenvalue weighted by Crippen LogP contribution is 2.37. The number of nitrogens with one attached hydrogen (secondary N) is 2. The molecule has 2 amide bonds. The molecule has 0 unspecified atom stereocenters. The van der Waals surface area contributed by atoms with E-state index in [9.17, 15) is 4.79 Å². The van der Waals surface area contributed by atoms with E-state index in [4.69, 9.17) is 16.0 Å². The maximum absolute atomic E-state index is 12.0. The van der Waals surface area contributed by atoms with E-state index in [1.54, 1.807) is 24.3 Å². The normalized spacial score (nSPS) is 17.1. The summed E-state index contributed by atoms with van der Waals surface area (Å²) in [6, 6.07) is 7.48. The van der Waals surface area contributed by atoms with Crippen LogP contribution in [0.2, 0.25) is 5.02 Å². The molecular formula is C15H15ClN2O2S. The van der Waals surface area contributed by atoms with Gasteiger partial charge in [0, 0.05) is 27.8 Å². The van der Waals surface area contributed by atoms with Gasteiger partial charge in [0.2, 0.25) is 0 Å². The Morgan fingerprint density at radius 3 is 3.14 bits per heavy atom. The monoisotopic (exact) mass is 322 g/mol. The zero-order valence-corrected chi connectivity index (χ0v) is 12.8. The summed E-state index contributed by atoms with van der Waals surface area (Å²) in [5.74, 6) is 0.987. The maximum Gasteiger partial charge on any atom is 0.315 e. The number of carbonyl (C=O) groups is 1. The molecule has 0 fully saturated rings. The molecule has 21 heavy (non-hydrogen) atoms. The Bertz CT molecular complexity index is 631. The number of hydrogen-bond donors (Lipinski definition) is 2. The summed E-state index contributed by atoms with van der Waals surface area (Å²) in [7, 11) is 0. The van der Waals surface area contributed by atoms with Crippen molar-refractivity contribution < 1.29 is 9.21 Å². The van der Waals surface area contributed by atoms with Crippen LogP contribution in [0.3, 0.4) is 0 Å². The number of urea groups is 1. The molecule has 0 saturated heterocycles. The van der Waals surface area contributed by atoms with Gasteiger partial charge < -0.3 is 15.1 Å². The van der Waals surface area contributed by atoms with Crippen molar-refractivity contribution in [3.63, 3.8) is 0 Å². The minimum atomic E-state index is -0.181. The number of carbonyl (C=O) groups excluding carboxylic acids is 1. The van der Waals surface area contributed by atoms with Crippen molar-refractivity contribution in [1.82, 2.24) is 10.6 Å². The summed E-state index contributed by atoms with van der Waals surface area (Å²) in [6.07, 6.45) is 4.11. The third-order valence-electron chi connectivity index (χ3n) is 3.35. The number of thioether (sulfide) groups is 1. The zero-order valence-electron chi connectivity index (χ0n) is 11.3. The van der Waals surface area contributed by atoms with Crippen molar-refractivity contribution in [3.05, 3.63) is 52.9 Å². The first-order chi connectivity index (χ1) is 10.2. The molecule has 1 aromatic heterocycles. The average Bonchev–Trinajstić information content (AvgIpc) is 2.99. The van der Waals surface area contributed by atoms with Gasteiger partial charge in [0.05, 0.1) is 18.6 Å². The molecule has 2 heterocycles. The fourth-order valence-corrected chi connectivity index (χ4v) is 3.59. The van der Waals surface area contributed by atoms with Crippen LogP contribution in [0.25, 0.3) is 0 Å². The van der Waals surface area contributed by atoms with Gasteiger partial charge in [0.1, 0.15) is 0 Å². The smallest absolute Gasteiger partial charge is 0.315 e. The van der Waals surface area contributed by atoms with E-state index in [0.717, 1.165) is 23.3 Å². The lowest BCUT2D eigenvalue weighted by Gasteiger charge is -2.26. The van der Waals surface area contributed by atoms with E-state index < -0.39 is 0 Å². The molecule has 6 heteroatoms. The molecule has 1 atom stereocenters. The molecular weight excluding hydrogens is 308 g/mol. The Morgan fingerprint density at radius 2 is 2.33 bits per heavy atom. The van der Waals surface area contributed by atoms with Crippen molar-refractivity contribution in [2.75, 3.05) is 5.75 Å². The minimum absolute atomic E-state index is 0.00398. The predicted octanol–water partition coefficient (Wildman–Crippen LogP) is 3.97. The van der Waals surface area contributed by atoms with Crippen molar-refractivity contribution in [1.29, 1.82) is 0 Å². The predicted molar refractivity (Wildman–Crippen MR) is 83.6 cm³/mol. The van der Waals surface area contributed by atoms with E-state index in [1.165, 1.54) is 4.90 Å². The fourth-order valence-electron chi connectivity index (χ4n) is 2.30. The highest BCUT2D eigenvalue weighted by molar-refractivity contribution is 7.99. The lowest BCUT2D eigenvalue weighted by Crippen LogP contribution is -2.38. The third kappa shape index (κ3) is 3.54. The van der Waals surface area contributed by atoms with Gasteiger partial charge in [0.15, 0.2) is 0 Å². The van der Waals surface area contributed by atoms with Gasteiger partial charge in [-0.2, -0.15) is 0 Å². The molecule has 0 bridgehead atoms. The van der Waals surface area contributed by atoms with Gasteiger partial charge in [-0.05, 0) is 36.2 Å². The van der Waals surface area contributed by atoms with Gasteiger partial charge in [-0.1, -0.05) is 11.6 Å². The van der Waals surface area contributed by atoms with Crippen LogP contribution >= 0.6 is 23.4 Å². The molecule has 1 aliphatic heterocycles. The van der Waals surface area contributed by atoms with Gasteiger partial charge in [-0.3, -0.25) is 0 Å². The fraction of sp³-hybridized carbons (Fsp3) is 0.267. The molecule has 1 aliphatic rings. The first kappa shape index (κ1) is 14.4. The number of amides is 2. The first-order valence-corrected chi connectivity index (χ1v) is 8.06. The van der Waals surface area contributed by atoms with Crippen LogP contribution in [0, 0.1) is 0 Å². The largest absolute Gasteiger partial charge is 0.472 e. The molecule has 1 aromatic carbocycles. The van der Waals surface area contributed by atoms with E-state index in [0.29, 0.717) is 11.6 Å². The zero-order chi connectivity index (χ0) is 14.7. The third-order valence-corrected chi connectivity index (χ3v) is 4.71. The van der Waals surface area contributed by atoms with Crippen molar-refractivity contribution in [2.45, 2.75) is 23.9 Å². The van der Waals surface area contributed by atoms with Gasteiger partial charge in [-0.15, -0.1) is 11.8 Å². The van der Waals surface area contributed by atoms with E-state index in [2.05, 4.69) is 10.6 Å². The Labute approximate surface area is 132 Å². The summed E-state index contributed by atoms with van der Waals surface area (Å²) in [5, 5.41) is 6.54. The van der Waals surface area contributed by atoms with Crippen LogP contribution in [-0.2, 0) is 6.54 Å². The summed E-state index contributed by atoms with van der Waals surface area (Å²) in [6.45, 7) is 0.451. The molecule has 3 rings (SSSR count). The van der Waals surface area contributed by atoms with Crippen molar-refractivity contribution in [2.24, 2.45) is 0 Å². The molecule has 4 nitrogen and oxygen atoms in total. The first-order valence-electron chi connectivity index (χ1n) is 6.70. The summed E-state index contributed by atoms with van der Waals surface area (Å²) in [5.41, 5.74) is 2.03. The maximum atomic E-state index is 12.0. The van der Waals surface area contributed by atoms with Crippen molar-refractivity contribution in [3.8, 4) is 0 Å². The molecule has 0 radical (unpaired) electrons. The van der Waals surface area contributed by atoms with E-state index in [1.807, 2.05) is 24.3 Å². The lowest BCUT2D eigenvalue weighted by atomic mass is 10.0. The molecule has 0 aliphatic carbocycles. The van der Waals surface area contributed by atoms with Crippen LogP contribution < -0.4 is 10.6 Å². The highest BCUT2D eigenvalue weighted by Gasteiger charge is 2.22. The van der Waals surface area contributed by atoms with Crippen molar-refractivity contribution >= 4 is 29.4 Å². The molecule has 2 aromatic rings. The molecule has 0 saturated carbocycles. The number of hydrogen-bond acceptors (Lipinski definition) is 3. The number of fused-ring (bicyclic) bond motifs is 1. The SMILES string of the molecule is O=C(NCc1ccoc1)N[C@@H]1CCSc2ccc(Cl)cc21. The van der Waals surface area contributed by atoms with Crippen LogP contribution in [0.5, 0.6) is 0 Å². The standard InChI is InChI=1S/C15H15ClN2O2S/c16-11-1-2-14-12(7-11)13(4-6-21-14)18-15(19)17-8-10-3-5-20-9-10/h1-3,5,7,9,13H,4,6,8H2,(H2,17,18,19)/t13-/m1/s1. The van der Waals surface area contributed by atoms with Gasteiger partial charge >= 0.3 is 6.03 Å². The van der Waals surface area contributed by atoms with Crippen LogP contribution in [-0.4, -0.2) is 11.8 Å². The number of halogens is 1. The average molecular weight is 323 g/mol. The summed E-state index contributed by atoms with van der Waals surface area (Å²) >= 11 is 7.86. The Hall–Kier alpha value is -1.59. The second-order valence-corrected chi connectivity index (χ2v) is 6.40. The number of benzene rings is 1. The highest BCUT2D eigenvalue weighted by atomic mass is 35.5. The number of rotatable bonds is 3. The number of furan rings is 1. The molecule has 110 valence electrons. The molecule has 2 N–H and O–H groups in total. The van der Waals surface area contributed by atoms with Crippen LogP contribution in [0.1, 0.15) is 23.6 Å². The van der Waals surface area contributed by atoms with Gasteiger partial charge in [0.25, 0.3) is 0 Å². The second kappa shape index (κ2) is 6.45. The Kier molecular flexibility index (Phi) is 4.41. The quantitative estimate of drug-likeness (QED) is 0.899. The van der Waals surface area contributed by atoms with E-state index >= 15 is 0 Å². The summed E-state index contributed by atoms with van der Waals surface area (Å²) < 4.78 is 4.97. The second-order valence-electron chi connectivity index (χ2n) is 4.83. The van der Waals surface area contributed by atoms with Gasteiger partial charge in [-0.25, -0.2) is 4.79 Å². The van der Waals surface area contributed by atoms with Crippen LogP contribution in [0.15, 0.2) is 46.1 Å². The molecule has 0 spiro atoms. The Balaban J connectivity index is 1.63. The lowest BCUT2D eigenvalue weighted by molar-refractivity contribution is 0.236. The van der Waals surface area contributed by atoms with E-state index in [-0.39, 0.29) is 12.1 Å². The topological polar surface area (TPSA) is 54.3 Å². The van der Waals surface area contributed by atoms with Crippen LogP contribution in [0.4, 0.5) is 4.79 Å².